The van der Waals surface area contributed by atoms with Gasteiger partial charge in [-0.25, -0.2) is 0 Å². The average molecular weight is 336 g/mol. The van der Waals surface area contributed by atoms with E-state index in [1.54, 1.807) is 11.8 Å². The summed E-state index contributed by atoms with van der Waals surface area (Å²) in [6, 6.07) is 16.4. The molecule has 0 spiro atoms. The molecule has 0 saturated heterocycles. The van der Waals surface area contributed by atoms with Gasteiger partial charge in [-0.05, 0) is 28.7 Å². The highest BCUT2D eigenvalue weighted by Crippen LogP contribution is 2.51. The van der Waals surface area contributed by atoms with Crippen LogP contribution in [-0.2, 0) is 9.59 Å². The molecule has 0 aromatic heterocycles. The maximum absolute atomic E-state index is 12.9. The fourth-order valence-corrected chi connectivity index (χ4v) is 5.24. The van der Waals surface area contributed by atoms with Gasteiger partial charge < -0.3 is 0 Å². The molecule has 1 heterocycles. The van der Waals surface area contributed by atoms with Gasteiger partial charge in [0, 0.05) is 28.6 Å². The van der Waals surface area contributed by atoms with Crippen molar-refractivity contribution in [1.82, 2.24) is 0 Å². The van der Waals surface area contributed by atoms with Gasteiger partial charge in [-0.3, -0.25) is 9.59 Å². The Morgan fingerprint density at radius 1 is 0.792 bits per heavy atom. The Kier molecular flexibility index (Phi) is 3.65. The predicted molar refractivity (Wildman–Crippen MR) is 95.4 cm³/mol. The summed E-state index contributed by atoms with van der Waals surface area (Å²) >= 11 is 1.73. The molecule has 122 valence electrons. The van der Waals surface area contributed by atoms with Gasteiger partial charge >= 0.3 is 0 Å². The SMILES string of the molecule is CC1(C)CC(=O)C(C2c3ccccc3Sc3ccccc32)C(=O)C1. The molecule has 0 bridgehead atoms. The van der Waals surface area contributed by atoms with E-state index in [4.69, 9.17) is 0 Å². The monoisotopic (exact) mass is 336 g/mol. The quantitative estimate of drug-likeness (QED) is 0.698. The Hall–Kier alpha value is -1.87. The second-order valence-corrected chi connectivity index (χ2v) is 8.67. The molecule has 0 radical (unpaired) electrons. The topological polar surface area (TPSA) is 34.1 Å². The van der Waals surface area contributed by atoms with E-state index < -0.39 is 5.92 Å². The molecule has 1 saturated carbocycles. The molecule has 0 N–H and O–H groups in total. The minimum atomic E-state index is -0.541. The molecule has 1 aliphatic carbocycles. The van der Waals surface area contributed by atoms with Gasteiger partial charge in [-0.2, -0.15) is 0 Å². The minimum absolute atomic E-state index is 0.0951. The van der Waals surface area contributed by atoms with Crippen molar-refractivity contribution in [3.05, 3.63) is 59.7 Å². The first kappa shape index (κ1) is 15.6. The van der Waals surface area contributed by atoms with E-state index in [9.17, 15) is 9.59 Å². The second kappa shape index (κ2) is 5.59. The third-order valence-electron chi connectivity index (χ3n) is 5.06. The average Bonchev–Trinajstić information content (AvgIpc) is 2.52. The molecule has 2 nitrogen and oxygen atoms in total. The molecular formula is C21H20O2S. The van der Waals surface area contributed by atoms with Gasteiger partial charge in [0.05, 0.1) is 5.92 Å². The van der Waals surface area contributed by atoms with E-state index >= 15 is 0 Å². The Labute approximate surface area is 146 Å². The second-order valence-electron chi connectivity index (χ2n) is 7.58. The number of benzene rings is 2. The summed E-state index contributed by atoms with van der Waals surface area (Å²) in [6.45, 7) is 4.02. The zero-order valence-electron chi connectivity index (χ0n) is 13.9. The highest BCUT2D eigenvalue weighted by molar-refractivity contribution is 7.99. The number of hydrogen-bond acceptors (Lipinski definition) is 3. The maximum atomic E-state index is 12.9. The maximum Gasteiger partial charge on any atom is 0.144 e. The summed E-state index contributed by atoms with van der Waals surface area (Å²) in [5.74, 6) is -0.494. The number of carbonyl (C=O) groups excluding carboxylic acids is 2. The fourth-order valence-electron chi connectivity index (χ4n) is 4.08. The lowest BCUT2D eigenvalue weighted by Crippen LogP contribution is -2.41. The fraction of sp³-hybridized carbons (Fsp3) is 0.333. The van der Waals surface area contributed by atoms with Gasteiger partial charge in [-0.1, -0.05) is 62.0 Å². The minimum Gasteiger partial charge on any atom is -0.299 e. The van der Waals surface area contributed by atoms with Crippen LogP contribution in [0.15, 0.2) is 58.3 Å². The van der Waals surface area contributed by atoms with Gasteiger partial charge in [0.15, 0.2) is 0 Å². The van der Waals surface area contributed by atoms with Gasteiger partial charge in [0.2, 0.25) is 0 Å². The largest absolute Gasteiger partial charge is 0.299 e. The Balaban J connectivity index is 1.86. The van der Waals surface area contributed by atoms with Crippen molar-refractivity contribution in [3.8, 4) is 0 Å². The summed E-state index contributed by atoms with van der Waals surface area (Å²) in [7, 11) is 0. The zero-order chi connectivity index (χ0) is 16.9. The van der Waals surface area contributed by atoms with Crippen molar-refractivity contribution in [2.24, 2.45) is 11.3 Å². The normalized spacial score (nSPS) is 20.6. The molecular weight excluding hydrogens is 316 g/mol. The lowest BCUT2D eigenvalue weighted by atomic mass is 9.65. The van der Waals surface area contributed by atoms with Crippen LogP contribution in [0.3, 0.4) is 0 Å². The molecule has 3 heteroatoms. The van der Waals surface area contributed by atoms with Crippen LogP contribution in [0.1, 0.15) is 43.7 Å². The molecule has 2 aromatic rings. The van der Waals surface area contributed by atoms with Crippen molar-refractivity contribution < 1.29 is 9.59 Å². The molecule has 2 aliphatic rings. The van der Waals surface area contributed by atoms with Crippen LogP contribution in [0.5, 0.6) is 0 Å². The van der Waals surface area contributed by atoms with Crippen LogP contribution in [0.4, 0.5) is 0 Å². The van der Waals surface area contributed by atoms with E-state index in [1.807, 2.05) is 38.1 Å². The van der Waals surface area contributed by atoms with E-state index in [-0.39, 0.29) is 22.9 Å². The van der Waals surface area contributed by atoms with Crippen LogP contribution < -0.4 is 0 Å². The van der Waals surface area contributed by atoms with Crippen molar-refractivity contribution in [2.45, 2.75) is 42.4 Å². The number of Topliss-reactive ketones (excluding diaryl/α,β-unsaturated/α-hetero) is 2. The molecule has 1 aliphatic heterocycles. The molecule has 4 rings (SSSR count). The number of hydrogen-bond donors (Lipinski definition) is 0. The molecule has 0 atom stereocenters. The zero-order valence-corrected chi connectivity index (χ0v) is 14.7. The first-order valence-electron chi connectivity index (χ1n) is 8.37. The van der Waals surface area contributed by atoms with Gasteiger partial charge in [0.25, 0.3) is 0 Å². The summed E-state index contributed by atoms with van der Waals surface area (Å²) in [4.78, 5) is 28.1. The molecule has 1 fully saturated rings. The van der Waals surface area contributed by atoms with Crippen LogP contribution in [0.2, 0.25) is 0 Å². The third kappa shape index (κ3) is 2.51. The predicted octanol–water partition coefficient (Wildman–Crippen LogP) is 4.86. The summed E-state index contributed by atoms with van der Waals surface area (Å²) in [6.07, 6.45) is 0.967. The highest BCUT2D eigenvalue weighted by Gasteiger charge is 2.46. The number of fused-ring (bicyclic) bond motifs is 2. The van der Waals surface area contributed by atoms with Crippen LogP contribution >= 0.6 is 11.8 Å². The Morgan fingerprint density at radius 3 is 1.75 bits per heavy atom. The molecule has 0 unspecified atom stereocenters. The Bertz CT molecular complexity index is 772. The first-order valence-corrected chi connectivity index (χ1v) is 9.19. The number of rotatable bonds is 1. The van der Waals surface area contributed by atoms with Crippen molar-refractivity contribution in [3.63, 3.8) is 0 Å². The van der Waals surface area contributed by atoms with Gasteiger partial charge in [-0.15, -0.1) is 0 Å². The summed E-state index contributed by atoms with van der Waals surface area (Å²) in [5, 5.41) is 0. The summed E-state index contributed by atoms with van der Waals surface area (Å²) in [5.41, 5.74) is 2.02. The number of carbonyl (C=O) groups is 2. The van der Waals surface area contributed by atoms with Gasteiger partial charge in [0.1, 0.15) is 11.6 Å². The standard InChI is InChI=1S/C21H20O2S/c1-21(2)11-15(22)20(16(23)12-21)19-13-7-3-5-9-17(13)24-18-10-6-4-8-14(18)19/h3-10,19-20H,11-12H2,1-2H3. The van der Waals surface area contributed by atoms with E-state index in [0.29, 0.717) is 12.8 Å². The Morgan fingerprint density at radius 2 is 1.25 bits per heavy atom. The molecule has 2 aromatic carbocycles. The first-order chi connectivity index (χ1) is 11.5. The van der Waals surface area contributed by atoms with Crippen molar-refractivity contribution in [2.75, 3.05) is 0 Å². The van der Waals surface area contributed by atoms with Crippen molar-refractivity contribution >= 4 is 23.3 Å². The van der Waals surface area contributed by atoms with Crippen LogP contribution in [0.25, 0.3) is 0 Å². The van der Waals surface area contributed by atoms with E-state index in [0.717, 1.165) is 20.9 Å². The lowest BCUT2D eigenvalue weighted by Gasteiger charge is -2.38. The summed E-state index contributed by atoms with van der Waals surface area (Å²) < 4.78 is 0. The van der Waals surface area contributed by atoms with E-state index in [2.05, 4.69) is 24.3 Å². The molecule has 24 heavy (non-hydrogen) atoms. The number of ketones is 2. The van der Waals surface area contributed by atoms with E-state index in [1.165, 1.54) is 0 Å². The molecule has 0 amide bonds. The van der Waals surface area contributed by atoms with Crippen LogP contribution in [-0.4, -0.2) is 11.6 Å². The highest BCUT2D eigenvalue weighted by atomic mass is 32.2. The van der Waals surface area contributed by atoms with Crippen LogP contribution in [0, 0.1) is 11.3 Å². The smallest absolute Gasteiger partial charge is 0.144 e. The lowest BCUT2D eigenvalue weighted by molar-refractivity contribution is -0.140. The third-order valence-corrected chi connectivity index (χ3v) is 6.24. The van der Waals surface area contributed by atoms with Crippen molar-refractivity contribution in [1.29, 1.82) is 0 Å².